The van der Waals surface area contributed by atoms with E-state index in [4.69, 9.17) is 4.74 Å². The molecule has 1 heterocycles. The van der Waals surface area contributed by atoms with Crippen LogP contribution in [0.1, 0.15) is 76.8 Å². The summed E-state index contributed by atoms with van der Waals surface area (Å²) in [4.78, 5) is 0. The Morgan fingerprint density at radius 3 is 2.43 bits per heavy atom. The van der Waals surface area contributed by atoms with Crippen molar-refractivity contribution < 1.29 is 4.74 Å². The van der Waals surface area contributed by atoms with Gasteiger partial charge in [-0.1, -0.05) is 64.3 Å². The molecule has 0 aliphatic carbocycles. The molecule has 1 atom stereocenters. The van der Waals surface area contributed by atoms with Gasteiger partial charge in [0.15, 0.2) is 0 Å². The van der Waals surface area contributed by atoms with Crippen LogP contribution in [0.15, 0.2) is 24.3 Å². The zero-order valence-corrected chi connectivity index (χ0v) is 17.0. The minimum Gasteiger partial charge on any atom is -0.382 e. The van der Waals surface area contributed by atoms with Crippen LogP contribution in [0.2, 0.25) is 5.04 Å². The zero-order chi connectivity index (χ0) is 16.5. The first-order valence-electron chi connectivity index (χ1n) is 9.78. The summed E-state index contributed by atoms with van der Waals surface area (Å²) in [6.07, 6.45) is 11.8. The lowest BCUT2D eigenvalue weighted by molar-refractivity contribution is 0.0633. The highest BCUT2D eigenvalue weighted by Gasteiger charge is 2.26. The van der Waals surface area contributed by atoms with E-state index in [1.54, 1.807) is 0 Å². The maximum Gasteiger partial charge on any atom is 0.0619 e. The minimum absolute atomic E-state index is 0.202. The van der Waals surface area contributed by atoms with E-state index in [2.05, 4.69) is 45.0 Å². The van der Waals surface area contributed by atoms with Crippen LogP contribution >= 0.6 is 0 Å². The summed E-state index contributed by atoms with van der Waals surface area (Å²) in [6.45, 7) is 8.18. The Balaban J connectivity index is 1.79. The number of rotatable bonds is 9. The summed E-state index contributed by atoms with van der Waals surface area (Å²) in [5, 5.41) is 0.463. The van der Waals surface area contributed by atoms with Crippen molar-refractivity contribution in [1.29, 1.82) is 0 Å². The lowest BCUT2D eigenvalue weighted by atomic mass is 9.99. The number of hydrogen-bond donors (Lipinski definition) is 0. The van der Waals surface area contributed by atoms with Gasteiger partial charge in [-0.2, -0.15) is 0 Å². The second-order valence-corrected chi connectivity index (χ2v) is 11.4. The second kappa shape index (κ2) is 9.63. The molecular formula is C21H36OSi. The van der Waals surface area contributed by atoms with Gasteiger partial charge in [0.1, 0.15) is 0 Å². The Bertz CT molecular complexity index is 432. The van der Waals surface area contributed by atoms with Crippen LogP contribution in [0.5, 0.6) is 0 Å². The van der Waals surface area contributed by atoms with Gasteiger partial charge in [-0.3, -0.25) is 0 Å². The molecule has 1 aliphatic rings. The summed E-state index contributed by atoms with van der Waals surface area (Å²) < 4.78 is 6.00. The molecule has 1 saturated heterocycles. The van der Waals surface area contributed by atoms with Crippen LogP contribution in [-0.2, 0) is 17.6 Å². The third-order valence-electron chi connectivity index (χ3n) is 5.08. The number of benzene rings is 1. The molecular weight excluding hydrogens is 296 g/mol. The lowest BCUT2D eigenvalue weighted by Gasteiger charge is -2.31. The molecule has 0 N–H and O–H groups in total. The maximum absolute atomic E-state index is 6.00. The van der Waals surface area contributed by atoms with Crippen molar-refractivity contribution in [2.45, 2.75) is 89.3 Å². The highest BCUT2D eigenvalue weighted by atomic mass is 28.2. The highest BCUT2D eigenvalue weighted by Crippen LogP contribution is 2.31. The van der Waals surface area contributed by atoms with Gasteiger partial charge in [0.25, 0.3) is 0 Å². The van der Waals surface area contributed by atoms with E-state index in [0.717, 1.165) is 6.61 Å². The molecule has 2 heteroatoms. The van der Waals surface area contributed by atoms with Crippen molar-refractivity contribution in [1.82, 2.24) is 0 Å². The van der Waals surface area contributed by atoms with E-state index in [1.165, 1.54) is 68.9 Å². The normalized spacial score (nSPS) is 19.5. The molecule has 2 rings (SSSR count). The molecule has 0 radical (unpaired) electrons. The van der Waals surface area contributed by atoms with Crippen LogP contribution in [0.3, 0.4) is 0 Å². The van der Waals surface area contributed by atoms with E-state index >= 15 is 0 Å². The molecule has 23 heavy (non-hydrogen) atoms. The molecule has 0 bridgehead atoms. The standard InChI is InChI=1S/C21H36OSi/c1-4-5-6-7-10-18-12-14-19(15-13-18)17-21(2,3)23-20-11-8-9-16-22-20/h12-15,20H,4-11,16-17,23H2,1-3H3. The molecule has 1 aromatic carbocycles. The highest BCUT2D eigenvalue weighted by molar-refractivity contribution is 6.41. The molecule has 1 fully saturated rings. The smallest absolute Gasteiger partial charge is 0.0619 e. The Morgan fingerprint density at radius 1 is 1.04 bits per heavy atom. The predicted molar refractivity (Wildman–Crippen MR) is 104 cm³/mol. The fourth-order valence-electron chi connectivity index (χ4n) is 3.79. The average molecular weight is 333 g/mol. The fourth-order valence-corrected chi connectivity index (χ4v) is 6.23. The van der Waals surface area contributed by atoms with Crippen molar-refractivity contribution in [2.24, 2.45) is 0 Å². The maximum atomic E-state index is 6.00. The van der Waals surface area contributed by atoms with Gasteiger partial charge in [0, 0.05) is 12.3 Å². The molecule has 1 aliphatic heterocycles. The first kappa shape index (κ1) is 18.7. The third-order valence-corrected chi connectivity index (χ3v) is 7.53. The summed E-state index contributed by atoms with van der Waals surface area (Å²) >= 11 is 0. The van der Waals surface area contributed by atoms with Crippen LogP contribution in [0.25, 0.3) is 0 Å². The topological polar surface area (TPSA) is 9.23 Å². The van der Waals surface area contributed by atoms with Crippen molar-refractivity contribution in [2.75, 3.05) is 6.61 Å². The van der Waals surface area contributed by atoms with E-state index in [9.17, 15) is 0 Å². The Morgan fingerprint density at radius 2 is 1.78 bits per heavy atom. The van der Waals surface area contributed by atoms with E-state index in [1.807, 2.05) is 0 Å². The molecule has 0 amide bonds. The van der Waals surface area contributed by atoms with E-state index in [0.29, 0.717) is 10.8 Å². The van der Waals surface area contributed by atoms with Crippen LogP contribution < -0.4 is 0 Å². The third kappa shape index (κ3) is 7.22. The van der Waals surface area contributed by atoms with Crippen LogP contribution in [0, 0.1) is 0 Å². The average Bonchev–Trinajstić information content (AvgIpc) is 2.53. The quantitative estimate of drug-likeness (QED) is 0.443. The molecule has 0 spiro atoms. The summed E-state index contributed by atoms with van der Waals surface area (Å²) in [6, 6.07) is 9.45. The monoisotopic (exact) mass is 332 g/mol. The molecule has 0 saturated carbocycles. The van der Waals surface area contributed by atoms with Crippen molar-refractivity contribution in [3.63, 3.8) is 0 Å². The number of ether oxygens (including phenoxy) is 1. The Kier molecular flexibility index (Phi) is 7.85. The summed E-state index contributed by atoms with van der Waals surface area (Å²) in [5.74, 6) is 0. The van der Waals surface area contributed by atoms with Crippen molar-refractivity contribution in [3.8, 4) is 0 Å². The summed E-state index contributed by atoms with van der Waals surface area (Å²) in [5.41, 5.74) is 3.64. The SMILES string of the molecule is CCCCCCc1ccc(CC(C)(C)[SiH2]C2CCCCO2)cc1. The van der Waals surface area contributed by atoms with E-state index in [-0.39, 0.29) is 9.52 Å². The van der Waals surface area contributed by atoms with Crippen molar-refractivity contribution in [3.05, 3.63) is 35.4 Å². The number of unbranched alkanes of at least 4 members (excludes halogenated alkanes) is 3. The predicted octanol–water partition coefficient (Wildman–Crippen LogP) is 5.25. The molecule has 1 aromatic rings. The second-order valence-electron chi connectivity index (χ2n) is 8.16. The number of aryl methyl sites for hydroxylation is 1. The van der Waals surface area contributed by atoms with Gasteiger partial charge in [0.05, 0.1) is 9.52 Å². The summed E-state index contributed by atoms with van der Waals surface area (Å²) in [7, 11) is -0.202. The van der Waals surface area contributed by atoms with Crippen molar-refractivity contribution >= 4 is 9.52 Å². The molecule has 130 valence electrons. The zero-order valence-electron chi connectivity index (χ0n) is 15.6. The fraction of sp³-hybridized carbons (Fsp3) is 0.714. The minimum atomic E-state index is -0.202. The van der Waals surface area contributed by atoms with Gasteiger partial charge < -0.3 is 4.74 Å². The first-order chi connectivity index (χ1) is 11.1. The van der Waals surface area contributed by atoms with Gasteiger partial charge in [-0.25, -0.2) is 0 Å². The molecule has 1 nitrogen and oxygen atoms in total. The van der Waals surface area contributed by atoms with Gasteiger partial charge in [-0.05, 0) is 54.7 Å². The van der Waals surface area contributed by atoms with Crippen LogP contribution in [0.4, 0.5) is 0 Å². The lowest BCUT2D eigenvalue weighted by Crippen LogP contribution is -2.33. The largest absolute Gasteiger partial charge is 0.382 e. The van der Waals surface area contributed by atoms with Gasteiger partial charge >= 0.3 is 0 Å². The van der Waals surface area contributed by atoms with E-state index < -0.39 is 0 Å². The molecule has 0 aromatic heterocycles. The molecule has 1 unspecified atom stereocenters. The van der Waals surface area contributed by atoms with Gasteiger partial charge in [-0.15, -0.1) is 0 Å². The first-order valence-corrected chi connectivity index (χ1v) is 11.3. The number of hydrogen-bond acceptors (Lipinski definition) is 1. The Labute approximate surface area is 146 Å². The Hall–Kier alpha value is -0.603. The van der Waals surface area contributed by atoms with Crippen LogP contribution in [-0.4, -0.2) is 21.9 Å². The van der Waals surface area contributed by atoms with Gasteiger partial charge in [0.2, 0.25) is 0 Å².